The summed E-state index contributed by atoms with van der Waals surface area (Å²) in [6, 6.07) is 9.66. The molecule has 0 saturated heterocycles. The Labute approximate surface area is 157 Å². The molecular weight excluding hydrogens is 348 g/mol. The third-order valence-corrected chi connectivity index (χ3v) is 5.05. The molecule has 1 amide bonds. The second-order valence-corrected chi connectivity index (χ2v) is 7.35. The van der Waals surface area contributed by atoms with Crippen molar-refractivity contribution in [2.75, 3.05) is 6.54 Å². The molecule has 0 aliphatic heterocycles. The summed E-state index contributed by atoms with van der Waals surface area (Å²) in [6.07, 6.45) is 3.03. The van der Waals surface area contributed by atoms with E-state index in [1.807, 2.05) is 44.3 Å². The number of hydrogen-bond donors (Lipinski definition) is 1. The summed E-state index contributed by atoms with van der Waals surface area (Å²) in [5.41, 5.74) is 4.40. The van der Waals surface area contributed by atoms with Gasteiger partial charge in [0.15, 0.2) is 5.65 Å². The van der Waals surface area contributed by atoms with Gasteiger partial charge in [0.05, 0.1) is 16.6 Å². The lowest BCUT2D eigenvalue weighted by molar-refractivity contribution is 0.0955. The van der Waals surface area contributed by atoms with Crippen molar-refractivity contribution in [1.29, 1.82) is 0 Å². The van der Waals surface area contributed by atoms with Gasteiger partial charge in [-0.3, -0.25) is 9.48 Å². The van der Waals surface area contributed by atoms with Crippen LogP contribution in [-0.2, 0) is 13.5 Å². The molecule has 26 heavy (non-hydrogen) atoms. The van der Waals surface area contributed by atoms with E-state index in [0.29, 0.717) is 23.0 Å². The second kappa shape index (κ2) is 6.72. The van der Waals surface area contributed by atoms with E-state index in [1.54, 1.807) is 4.68 Å². The molecule has 4 rings (SSSR count). The van der Waals surface area contributed by atoms with Crippen LogP contribution in [0.25, 0.3) is 11.0 Å². The van der Waals surface area contributed by atoms with E-state index in [2.05, 4.69) is 10.4 Å². The van der Waals surface area contributed by atoms with E-state index in [4.69, 9.17) is 16.6 Å². The van der Waals surface area contributed by atoms with Crippen molar-refractivity contribution in [3.05, 3.63) is 57.9 Å². The SMILES string of the molecule is Cc1nn(C)c2nc(C3CC3)cc(C(=O)NCCc3cccc(Cl)c3)c12. The molecule has 0 unspecified atom stereocenters. The fourth-order valence-electron chi connectivity index (χ4n) is 3.34. The lowest BCUT2D eigenvalue weighted by Crippen LogP contribution is -2.26. The van der Waals surface area contributed by atoms with Gasteiger partial charge in [-0.15, -0.1) is 0 Å². The Morgan fingerprint density at radius 2 is 2.15 bits per heavy atom. The number of aryl methyl sites for hydroxylation is 2. The van der Waals surface area contributed by atoms with Crippen LogP contribution in [0.5, 0.6) is 0 Å². The number of pyridine rings is 1. The zero-order valence-corrected chi connectivity index (χ0v) is 15.7. The molecule has 0 atom stereocenters. The predicted octanol–water partition coefficient (Wildman–Crippen LogP) is 3.78. The van der Waals surface area contributed by atoms with Gasteiger partial charge in [0.2, 0.25) is 0 Å². The van der Waals surface area contributed by atoms with Gasteiger partial charge in [0.25, 0.3) is 5.91 Å². The van der Waals surface area contributed by atoms with Gasteiger partial charge in [0.1, 0.15) is 0 Å². The Bertz CT molecular complexity index is 991. The average Bonchev–Trinajstić information content (AvgIpc) is 3.41. The number of hydrogen-bond acceptors (Lipinski definition) is 3. The Morgan fingerprint density at radius 3 is 2.88 bits per heavy atom. The van der Waals surface area contributed by atoms with Gasteiger partial charge >= 0.3 is 0 Å². The van der Waals surface area contributed by atoms with E-state index in [1.165, 1.54) is 0 Å². The van der Waals surface area contributed by atoms with E-state index >= 15 is 0 Å². The molecule has 3 aromatic rings. The summed E-state index contributed by atoms with van der Waals surface area (Å²) in [6.45, 7) is 2.48. The van der Waals surface area contributed by atoms with Gasteiger partial charge in [0, 0.05) is 30.2 Å². The van der Waals surface area contributed by atoms with Crippen molar-refractivity contribution in [3.63, 3.8) is 0 Å². The third-order valence-electron chi connectivity index (χ3n) is 4.82. The molecule has 1 N–H and O–H groups in total. The quantitative estimate of drug-likeness (QED) is 0.745. The van der Waals surface area contributed by atoms with Gasteiger partial charge in [-0.05, 0) is 49.9 Å². The van der Waals surface area contributed by atoms with E-state index in [9.17, 15) is 4.79 Å². The lowest BCUT2D eigenvalue weighted by atomic mass is 10.1. The number of fused-ring (bicyclic) bond motifs is 1. The number of nitrogens with one attached hydrogen (secondary N) is 1. The largest absolute Gasteiger partial charge is 0.352 e. The van der Waals surface area contributed by atoms with Crippen LogP contribution < -0.4 is 5.32 Å². The first-order chi connectivity index (χ1) is 12.5. The molecule has 0 bridgehead atoms. The Hall–Kier alpha value is -2.40. The molecule has 2 aromatic heterocycles. The van der Waals surface area contributed by atoms with Crippen LogP contribution >= 0.6 is 11.6 Å². The van der Waals surface area contributed by atoms with Crippen molar-refractivity contribution >= 4 is 28.5 Å². The van der Waals surface area contributed by atoms with Gasteiger partial charge < -0.3 is 5.32 Å². The van der Waals surface area contributed by atoms with Crippen LogP contribution in [-0.4, -0.2) is 27.2 Å². The molecule has 0 spiro atoms. The van der Waals surface area contributed by atoms with E-state index in [0.717, 1.165) is 47.2 Å². The summed E-state index contributed by atoms with van der Waals surface area (Å²) in [4.78, 5) is 17.6. The molecule has 1 aromatic carbocycles. The molecule has 134 valence electrons. The molecule has 1 saturated carbocycles. The van der Waals surface area contributed by atoms with Crippen molar-refractivity contribution in [3.8, 4) is 0 Å². The van der Waals surface area contributed by atoms with Crippen molar-refractivity contribution < 1.29 is 4.79 Å². The van der Waals surface area contributed by atoms with Crippen molar-refractivity contribution in [2.24, 2.45) is 7.05 Å². The Balaban J connectivity index is 1.57. The highest BCUT2D eigenvalue weighted by Crippen LogP contribution is 2.40. The summed E-state index contributed by atoms with van der Waals surface area (Å²) in [5, 5.41) is 9.04. The van der Waals surface area contributed by atoms with Gasteiger partial charge in [-0.1, -0.05) is 23.7 Å². The fourth-order valence-corrected chi connectivity index (χ4v) is 3.55. The standard InChI is InChI=1S/C20H21ClN4O/c1-12-18-16(11-17(14-6-7-14)23-19(18)25(2)24-12)20(26)22-9-8-13-4-3-5-15(21)10-13/h3-5,10-11,14H,6-9H2,1-2H3,(H,22,26). The number of nitrogens with zero attached hydrogens (tertiary/aromatic N) is 3. The highest BCUT2D eigenvalue weighted by atomic mass is 35.5. The fraction of sp³-hybridized carbons (Fsp3) is 0.350. The highest BCUT2D eigenvalue weighted by molar-refractivity contribution is 6.30. The van der Waals surface area contributed by atoms with Gasteiger partial charge in [-0.25, -0.2) is 4.98 Å². The van der Waals surface area contributed by atoms with Crippen LogP contribution in [0, 0.1) is 6.92 Å². The van der Waals surface area contributed by atoms with E-state index < -0.39 is 0 Å². The highest BCUT2D eigenvalue weighted by Gasteiger charge is 2.28. The number of aromatic nitrogens is 3. The number of halogens is 1. The summed E-state index contributed by atoms with van der Waals surface area (Å²) in [7, 11) is 1.87. The molecule has 1 fully saturated rings. The molecular formula is C20H21ClN4O. The number of benzene rings is 1. The zero-order chi connectivity index (χ0) is 18.3. The van der Waals surface area contributed by atoms with Gasteiger partial charge in [-0.2, -0.15) is 5.10 Å². The first-order valence-electron chi connectivity index (χ1n) is 8.90. The number of rotatable bonds is 5. The summed E-state index contributed by atoms with van der Waals surface area (Å²) >= 11 is 6.02. The maximum absolute atomic E-state index is 12.9. The summed E-state index contributed by atoms with van der Waals surface area (Å²) in [5.74, 6) is 0.407. The Morgan fingerprint density at radius 1 is 1.35 bits per heavy atom. The minimum Gasteiger partial charge on any atom is -0.352 e. The van der Waals surface area contributed by atoms with Crippen LogP contribution in [0.15, 0.2) is 30.3 Å². The molecule has 0 radical (unpaired) electrons. The first kappa shape index (κ1) is 17.0. The van der Waals surface area contributed by atoms with Crippen LogP contribution in [0.4, 0.5) is 0 Å². The topological polar surface area (TPSA) is 59.8 Å². The maximum atomic E-state index is 12.9. The van der Waals surface area contributed by atoms with Crippen LogP contribution in [0.3, 0.4) is 0 Å². The number of carbonyl (C=O) groups excluding carboxylic acids is 1. The normalized spacial score (nSPS) is 14.0. The monoisotopic (exact) mass is 368 g/mol. The average molecular weight is 369 g/mol. The minimum atomic E-state index is -0.0718. The molecule has 2 heterocycles. The second-order valence-electron chi connectivity index (χ2n) is 6.91. The molecule has 1 aliphatic carbocycles. The van der Waals surface area contributed by atoms with Crippen LogP contribution in [0.1, 0.15) is 46.1 Å². The third kappa shape index (κ3) is 3.31. The first-order valence-corrected chi connectivity index (χ1v) is 9.27. The van der Waals surface area contributed by atoms with E-state index in [-0.39, 0.29) is 5.91 Å². The molecule has 1 aliphatic rings. The zero-order valence-electron chi connectivity index (χ0n) is 14.9. The molecule has 6 heteroatoms. The lowest BCUT2D eigenvalue weighted by Gasteiger charge is -2.09. The Kier molecular flexibility index (Phi) is 4.41. The van der Waals surface area contributed by atoms with Crippen molar-refractivity contribution in [2.45, 2.75) is 32.1 Å². The van der Waals surface area contributed by atoms with Crippen molar-refractivity contribution in [1.82, 2.24) is 20.1 Å². The maximum Gasteiger partial charge on any atom is 0.252 e. The minimum absolute atomic E-state index is 0.0718. The molecule has 5 nitrogen and oxygen atoms in total. The smallest absolute Gasteiger partial charge is 0.252 e. The number of amides is 1. The predicted molar refractivity (Wildman–Crippen MR) is 103 cm³/mol. The number of carbonyl (C=O) groups is 1. The van der Waals surface area contributed by atoms with Crippen LogP contribution in [0.2, 0.25) is 5.02 Å². The summed E-state index contributed by atoms with van der Waals surface area (Å²) < 4.78 is 1.76.